The van der Waals surface area contributed by atoms with Crippen LogP contribution in [0, 0.1) is 5.92 Å². The van der Waals surface area contributed by atoms with Gasteiger partial charge in [-0.1, -0.05) is 56.3 Å². The number of nitrogens with one attached hydrogen (secondary N) is 1. The topological polar surface area (TPSA) is 105 Å². The van der Waals surface area contributed by atoms with Crippen molar-refractivity contribution in [1.29, 1.82) is 0 Å². The van der Waals surface area contributed by atoms with E-state index in [2.05, 4.69) is 5.32 Å². The number of hydrogen-bond donors (Lipinski definition) is 1. The molecule has 2 amide bonds. The summed E-state index contributed by atoms with van der Waals surface area (Å²) in [5, 5.41) is 2.88. The minimum Gasteiger partial charge on any atom is -0.497 e. The Morgan fingerprint density at radius 1 is 0.902 bits per heavy atom. The number of ether oxygens (including phenoxy) is 2. The van der Waals surface area contributed by atoms with E-state index in [1.54, 1.807) is 87.7 Å². The SMILES string of the molecule is CCOc1ccccc1N(CC(=O)N(Cc1ccc(OC)cc1)[C@H](C)C(=O)NCC(C)C)S(=O)(=O)c1ccccc1. The van der Waals surface area contributed by atoms with Gasteiger partial charge in [-0.2, -0.15) is 0 Å². The number of carbonyl (C=O) groups excluding carboxylic acids is 2. The highest BCUT2D eigenvalue weighted by Crippen LogP contribution is 2.33. The molecule has 0 spiro atoms. The Labute approximate surface area is 243 Å². The first-order valence-electron chi connectivity index (χ1n) is 13.6. The second-order valence-corrected chi connectivity index (χ2v) is 11.8. The van der Waals surface area contributed by atoms with Crippen molar-refractivity contribution >= 4 is 27.5 Å². The average Bonchev–Trinajstić information content (AvgIpc) is 2.98. The second kappa shape index (κ2) is 14.5. The van der Waals surface area contributed by atoms with Gasteiger partial charge in [-0.3, -0.25) is 13.9 Å². The number of amides is 2. The molecule has 0 bridgehead atoms. The van der Waals surface area contributed by atoms with Gasteiger partial charge in [-0.15, -0.1) is 0 Å². The average molecular weight is 582 g/mol. The first-order valence-corrected chi connectivity index (χ1v) is 15.0. The quantitative estimate of drug-likeness (QED) is 0.301. The number of carbonyl (C=O) groups is 2. The first kappa shape index (κ1) is 31.5. The Hall–Kier alpha value is -4.05. The van der Waals surface area contributed by atoms with Gasteiger partial charge >= 0.3 is 0 Å². The number of nitrogens with zero attached hydrogens (tertiary/aromatic N) is 2. The zero-order chi connectivity index (χ0) is 30.0. The Morgan fingerprint density at radius 2 is 1.54 bits per heavy atom. The number of sulfonamides is 1. The molecule has 10 heteroatoms. The predicted molar refractivity (Wildman–Crippen MR) is 159 cm³/mol. The van der Waals surface area contributed by atoms with E-state index in [-0.39, 0.29) is 29.0 Å². The van der Waals surface area contributed by atoms with Crippen molar-refractivity contribution in [3.05, 3.63) is 84.4 Å². The molecule has 9 nitrogen and oxygen atoms in total. The third-order valence-electron chi connectivity index (χ3n) is 6.41. The number of benzene rings is 3. The zero-order valence-electron chi connectivity index (χ0n) is 24.2. The third kappa shape index (κ3) is 8.23. The lowest BCUT2D eigenvalue weighted by molar-refractivity contribution is -0.139. The lowest BCUT2D eigenvalue weighted by Gasteiger charge is -2.32. The highest BCUT2D eigenvalue weighted by atomic mass is 32.2. The van der Waals surface area contributed by atoms with Crippen molar-refractivity contribution in [2.75, 3.05) is 31.1 Å². The van der Waals surface area contributed by atoms with Crippen LogP contribution >= 0.6 is 0 Å². The van der Waals surface area contributed by atoms with Crippen LogP contribution in [0.1, 0.15) is 33.3 Å². The Bertz CT molecular complexity index is 1390. The van der Waals surface area contributed by atoms with E-state index in [9.17, 15) is 18.0 Å². The summed E-state index contributed by atoms with van der Waals surface area (Å²) in [4.78, 5) is 28.6. The summed E-state index contributed by atoms with van der Waals surface area (Å²) < 4.78 is 40.0. The fraction of sp³-hybridized carbons (Fsp3) is 0.355. The molecule has 0 saturated heterocycles. The molecule has 1 N–H and O–H groups in total. The van der Waals surface area contributed by atoms with Gasteiger partial charge in [0.1, 0.15) is 24.1 Å². The smallest absolute Gasteiger partial charge is 0.264 e. The fourth-order valence-electron chi connectivity index (χ4n) is 4.14. The molecule has 0 aliphatic heterocycles. The maximum Gasteiger partial charge on any atom is 0.264 e. The van der Waals surface area contributed by atoms with E-state index in [0.29, 0.717) is 24.7 Å². The molecule has 0 saturated carbocycles. The Morgan fingerprint density at radius 3 is 2.15 bits per heavy atom. The molecular weight excluding hydrogens is 542 g/mol. The summed E-state index contributed by atoms with van der Waals surface area (Å²) in [6.45, 7) is 7.70. The molecule has 0 aromatic heterocycles. The standard InChI is InChI=1S/C31H39N3O6S/c1-6-40-29-15-11-10-14-28(29)34(41(37,38)27-12-8-7-9-13-27)22-30(35)33(24(4)31(36)32-20-23(2)3)21-25-16-18-26(39-5)19-17-25/h7-19,23-24H,6,20-22H2,1-5H3,(H,32,36)/t24-/m1/s1. The summed E-state index contributed by atoms with van der Waals surface area (Å²) in [6.07, 6.45) is 0. The van der Waals surface area contributed by atoms with Crippen molar-refractivity contribution in [2.24, 2.45) is 5.92 Å². The highest BCUT2D eigenvalue weighted by Gasteiger charge is 2.33. The van der Waals surface area contributed by atoms with E-state index in [1.165, 1.54) is 17.0 Å². The van der Waals surface area contributed by atoms with Crippen LogP contribution in [0.15, 0.2) is 83.8 Å². The molecule has 0 radical (unpaired) electrons. The highest BCUT2D eigenvalue weighted by molar-refractivity contribution is 7.92. The van der Waals surface area contributed by atoms with Crippen LogP contribution < -0.4 is 19.1 Å². The molecule has 3 aromatic rings. The normalized spacial score (nSPS) is 12.0. The summed E-state index contributed by atoms with van der Waals surface area (Å²) in [7, 11) is -2.62. The molecular formula is C31H39N3O6S. The number of hydrogen-bond acceptors (Lipinski definition) is 6. The van der Waals surface area contributed by atoms with Gasteiger partial charge in [-0.25, -0.2) is 8.42 Å². The molecule has 3 aromatic carbocycles. The first-order chi connectivity index (χ1) is 19.6. The van der Waals surface area contributed by atoms with Crippen molar-refractivity contribution in [1.82, 2.24) is 10.2 Å². The number of para-hydroxylation sites is 2. The molecule has 220 valence electrons. The van der Waals surface area contributed by atoms with Gasteiger partial charge in [0.15, 0.2) is 0 Å². The third-order valence-corrected chi connectivity index (χ3v) is 8.18. The van der Waals surface area contributed by atoms with Crippen LogP contribution in [-0.2, 0) is 26.2 Å². The van der Waals surface area contributed by atoms with Crippen LogP contribution in [0.4, 0.5) is 5.69 Å². The van der Waals surface area contributed by atoms with E-state index in [0.717, 1.165) is 9.87 Å². The minimum atomic E-state index is -4.18. The maximum atomic E-state index is 14.1. The van der Waals surface area contributed by atoms with E-state index < -0.39 is 28.5 Å². The second-order valence-electron chi connectivity index (χ2n) is 9.91. The van der Waals surface area contributed by atoms with Crippen LogP contribution in [0.3, 0.4) is 0 Å². The maximum absolute atomic E-state index is 14.1. The van der Waals surface area contributed by atoms with Crippen LogP contribution in [0.25, 0.3) is 0 Å². The molecule has 0 aliphatic rings. The fourth-order valence-corrected chi connectivity index (χ4v) is 5.58. The van der Waals surface area contributed by atoms with Crippen LogP contribution in [-0.4, -0.2) is 58.0 Å². The number of anilines is 1. The van der Waals surface area contributed by atoms with E-state index in [1.807, 2.05) is 13.8 Å². The minimum absolute atomic E-state index is 0.0310. The molecule has 1 atom stereocenters. The summed E-state index contributed by atoms with van der Waals surface area (Å²) in [5.74, 6) is 0.332. The van der Waals surface area contributed by atoms with Crippen molar-refractivity contribution in [3.8, 4) is 11.5 Å². The van der Waals surface area contributed by atoms with Crippen LogP contribution in [0.5, 0.6) is 11.5 Å². The van der Waals surface area contributed by atoms with Crippen molar-refractivity contribution in [3.63, 3.8) is 0 Å². The number of rotatable bonds is 14. The summed E-state index contributed by atoms with van der Waals surface area (Å²) in [6, 6.07) is 20.9. The lowest BCUT2D eigenvalue weighted by atomic mass is 10.1. The molecule has 0 unspecified atom stereocenters. The molecule has 0 heterocycles. The van der Waals surface area contributed by atoms with Gasteiger partial charge in [0, 0.05) is 13.1 Å². The number of methoxy groups -OCH3 is 1. The molecule has 41 heavy (non-hydrogen) atoms. The summed E-state index contributed by atoms with van der Waals surface area (Å²) >= 11 is 0. The molecule has 0 fully saturated rings. The van der Waals surface area contributed by atoms with Gasteiger partial charge in [0.05, 0.1) is 24.3 Å². The Balaban J connectivity index is 2.04. The largest absolute Gasteiger partial charge is 0.497 e. The predicted octanol–water partition coefficient (Wildman–Crippen LogP) is 4.48. The monoisotopic (exact) mass is 581 g/mol. The van der Waals surface area contributed by atoms with Gasteiger partial charge < -0.3 is 19.7 Å². The van der Waals surface area contributed by atoms with Gasteiger partial charge in [-0.05, 0) is 61.7 Å². The van der Waals surface area contributed by atoms with E-state index in [4.69, 9.17) is 9.47 Å². The van der Waals surface area contributed by atoms with E-state index >= 15 is 0 Å². The molecule has 0 aliphatic carbocycles. The lowest BCUT2D eigenvalue weighted by Crippen LogP contribution is -2.51. The summed E-state index contributed by atoms with van der Waals surface area (Å²) in [5.41, 5.74) is 0.989. The zero-order valence-corrected chi connectivity index (χ0v) is 25.1. The Kier molecular flexibility index (Phi) is 11.2. The molecule has 3 rings (SSSR count). The van der Waals surface area contributed by atoms with Gasteiger partial charge in [0.2, 0.25) is 11.8 Å². The van der Waals surface area contributed by atoms with Crippen LogP contribution in [0.2, 0.25) is 0 Å². The van der Waals surface area contributed by atoms with Crippen molar-refractivity contribution < 1.29 is 27.5 Å². The van der Waals surface area contributed by atoms with Gasteiger partial charge in [0.25, 0.3) is 10.0 Å². The van der Waals surface area contributed by atoms with Crippen molar-refractivity contribution in [2.45, 2.75) is 45.2 Å².